The second-order valence-corrected chi connectivity index (χ2v) is 15.5. The van der Waals surface area contributed by atoms with Gasteiger partial charge in [0.2, 0.25) is 0 Å². The predicted octanol–water partition coefficient (Wildman–Crippen LogP) is 14.0. The Kier molecular flexibility index (Phi) is 11.7. The van der Waals surface area contributed by atoms with Gasteiger partial charge in [-0.05, 0) is 94.0 Å². The Morgan fingerprint density at radius 2 is 1.27 bits per heavy atom. The van der Waals surface area contributed by atoms with Crippen LogP contribution in [-0.2, 0) is 5.41 Å². The number of allylic oxidation sites excluding steroid dienone is 8. The van der Waals surface area contributed by atoms with E-state index in [1.54, 1.807) is 16.7 Å². The van der Waals surface area contributed by atoms with Crippen LogP contribution in [0.2, 0.25) is 0 Å². The highest BCUT2D eigenvalue weighted by Crippen LogP contribution is 2.56. The number of benzene rings is 3. The summed E-state index contributed by atoms with van der Waals surface area (Å²) in [5.41, 5.74) is 15.6. The second-order valence-electron chi connectivity index (χ2n) is 15.5. The fourth-order valence-corrected chi connectivity index (χ4v) is 9.29. The first-order valence-corrected chi connectivity index (χ1v) is 20.5. The Morgan fingerprint density at radius 1 is 0.627 bits per heavy atom. The van der Waals surface area contributed by atoms with Crippen molar-refractivity contribution in [3.63, 3.8) is 0 Å². The lowest BCUT2D eigenvalue weighted by molar-refractivity contribution is 0.381. The summed E-state index contributed by atoms with van der Waals surface area (Å²) in [6, 6.07) is 29.4. The molecule has 1 aliphatic heterocycles. The van der Waals surface area contributed by atoms with Crippen LogP contribution < -0.4 is 5.32 Å². The van der Waals surface area contributed by atoms with E-state index >= 15 is 0 Å². The molecule has 3 aromatic rings. The number of fused-ring (bicyclic) bond motifs is 3. The van der Waals surface area contributed by atoms with Crippen LogP contribution in [0.4, 0.5) is 0 Å². The van der Waals surface area contributed by atoms with E-state index in [-0.39, 0.29) is 11.5 Å². The van der Waals surface area contributed by atoms with Crippen molar-refractivity contribution < 1.29 is 0 Å². The predicted molar refractivity (Wildman–Crippen MR) is 221 cm³/mol. The molecule has 0 spiro atoms. The molecule has 0 fully saturated rings. The molecule has 1 unspecified atom stereocenters. The average molecular weight is 674 g/mol. The van der Waals surface area contributed by atoms with Crippen LogP contribution in [0.1, 0.15) is 144 Å². The number of rotatable bonds is 17. The molecule has 1 N–H and O–H groups in total. The molecule has 3 aromatic carbocycles. The van der Waals surface area contributed by atoms with Crippen LogP contribution >= 0.6 is 0 Å². The standard InChI is InChI=1S/C50H59N/c1-3-5-7-9-11-21-33-50(34-22-12-10-8-6-4-2)46-28-20-19-27-42(46)43-31-29-41(36-47(43)50)49-37-44(39-25-17-14-18-26-39)45-35-40(30-32-48(45)51-49)38-23-15-13-16-24-38/h13-19,23-27,29-32,35-37,48,51H,3-12,20-22,28,33-34H2,1-2H3. The van der Waals surface area contributed by atoms with Crippen molar-refractivity contribution in [3.05, 3.63) is 154 Å². The Bertz CT molecular complexity index is 1810. The summed E-state index contributed by atoms with van der Waals surface area (Å²) in [4.78, 5) is 0. The topological polar surface area (TPSA) is 12.0 Å². The highest BCUT2D eigenvalue weighted by molar-refractivity contribution is 5.94. The molecule has 0 saturated carbocycles. The summed E-state index contributed by atoms with van der Waals surface area (Å²) < 4.78 is 0. The van der Waals surface area contributed by atoms with Gasteiger partial charge in [-0.2, -0.15) is 0 Å². The summed E-state index contributed by atoms with van der Waals surface area (Å²) in [5, 5.41) is 4.01. The van der Waals surface area contributed by atoms with Gasteiger partial charge >= 0.3 is 0 Å². The third kappa shape index (κ3) is 7.74. The molecule has 7 rings (SSSR count). The maximum absolute atomic E-state index is 4.01. The van der Waals surface area contributed by atoms with Gasteiger partial charge in [0.25, 0.3) is 0 Å². The molecule has 51 heavy (non-hydrogen) atoms. The first-order valence-electron chi connectivity index (χ1n) is 20.5. The van der Waals surface area contributed by atoms with E-state index in [2.05, 4.69) is 134 Å². The molecule has 0 aromatic heterocycles. The summed E-state index contributed by atoms with van der Waals surface area (Å²) in [6.45, 7) is 4.65. The lowest BCUT2D eigenvalue weighted by Crippen LogP contribution is -2.32. The van der Waals surface area contributed by atoms with Crippen molar-refractivity contribution in [2.75, 3.05) is 0 Å². The van der Waals surface area contributed by atoms with Gasteiger partial charge in [-0.3, -0.25) is 0 Å². The number of dihydropyridines is 1. The van der Waals surface area contributed by atoms with E-state index in [1.165, 1.54) is 147 Å². The monoisotopic (exact) mass is 673 g/mol. The fraction of sp³-hybridized carbons (Fsp3) is 0.400. The van der Waals surface area contributed by atoms with Gasteiger partial charge < -0.3 is 5.32 Å². The fourth-order valence-electron chi connectivity index (χ4n) is 9.29. The molecule has 4 aliphatic rings. The first-order chi connectivity index (χ1) is 25.2. The highest BCUT2D eigenvalue weighted by Gasteiger charge is 2.44. The Labute approximate surface area is 309 Å². The zero-order valence-corrected chi connectivity index (χ0v) is 31.4. The van der Waals surface area contributed by atoms with E-state index in [9.17, 15) is 0 Å². The normalized spacial score (nSPS) is 18.6. The number of nitrogens with one attached hydrogen (secondary N) is 1. The Morgan fingerprint density at radius 3 is 1.96 bits per heavy atom. The van der Waals surface area contributed by atoms with Gasteiger partial charge in [-0.25, -0.2) is 0 Å². The zero-order valence-electron chi connectivity index (χ0n) is 31.4. The lowest BCUT2D eigenvalue weighted by Gasteiger charge is -2.36. The number of unbranched alkanes of at least 4 members (excludes halogenated alkanes) is 10. The molecular formula is C50H59N. The summed E-state index contributed by atoms with van der Waals surface area (Å²) in [5.74, 6) is 0. The summed E-state index contributed by atoms with van der Waals surface area (Å²) in [6.07, 6.45) is 35.7. The van der Waals surface area contributed by atoms with Crippen LogP contribution in [0.5, 0.6) is 0 Å². The van der Waals surface area contributed by atoms with Crippen LogP contribution in [-0.4, -0.2) is 6.04 Å². The number of hydrogen-bond donors (Lipinski definition) is 1. The van der Waals surface area contributed by atoms with E-state index in [0.29, 0.717) is 0 Å². The molecule has 264 valence electrons. The van der Waals surface area contributed by atoms with Crippen molar-refractivity contribution in [3.8, 4) is 0 Å². The van der Waals surface area contributed by atoms with E-state index in [4.69, 9.17) is 0 Å². The maximum atomic E-state index is 4.01. The SMILES string of the molecule is CCCCCCCCC1(CCCCCCCC)C2=C(C=CCC2)c2ccc(C3=CC(c4ccccc4)=C4C=C(c5ccccc5)C=CC4N3)cc21. The van der Waals surface area contributed by atoms with Crippen LogP contribution in [0.3, 0.4) is 0 Å². The number of hydrogen-bond acceptors (Lipinski definition) is 1. The van der Waals surface area contributed by atoms with Gasteiger partial charge in [0.1, 0.15) is 0 Å². The highest BCUT2D eigenvalue weighted by atomic mass is 14.9. The first kappa shape index (κ1) is 35.3. The smallest absolute Gasteiger partial charge is 0.0707 e. The maximum Gasteiger partial charge on any atom is 0.0707 e. The van der Waals surface area contributed by atoms with Gasteiger partial charge in [0, 0.05) is 11.1 Å². The minimum Gasteiger partial charge on any atom is -0.374 e. The largest absolute Gasteiger partial charge is 0.374 e. The molecule has 0 radical (unpaired) electrons. The van der Waals surface area contributed by atoms with Crippen LogP contribution in [0.15, 0.2) is 126 Å². The third-order valence-corrected chi connectivity index (χ3v) is 12.0. The van der Waals surface area contributed by atoms with Crippen molar-refractivity contribution in [2.24, 2.45) is 0 Å². The molecule has 0 saturated heterocycles. The van der Waals surface area contributed by atoms with E-state index < -0.39 is 0 Å². The zero-order chi connectivity index (χ0) is 34.9. The average Bonchev–Trinajstić information content (AvgIpc) is 3.46. The van der Waals surface area contributed by atoms with Crippen LogP contribution in [0.25, 0.3) is 22.4 Å². The van der Waals surface area contributed by atoms with Crippen molar-refractivity contribution >= 4 is 22.4 Å². The Balaban J connectivity index is 1.27. The summed E-state index contributed by atoms with van der Waals surface area (Å²) in [7, 11) is 0. The summed E-state index contributed by atoms with van der Waals surface area (Å²) >= 11 is 0. The quantitative estimate of drug-likeness (QED) is 0.141. The van der Waals surface area contributed by atoms with E-state index in [1.807, 2.05) is 0 Å². The van der Waals surface area contributed by atoms with Gasteiger partial charge in [-0.15, -0.1) is 0 Å². The minimum atomic E-state index is 0.131. The lowest BCUT2D eigenvalue weighted by atomic mass is 9.68. The van der Waals surface area contributed by atoms with Crippen molar-refractivity contribution in [2.45, 2.75) is 128 Å². The molecule has 1 heterocycles. The molecule has 3 aliphatic carbocycles. The van der Waals surface area contributed by atoms with E-state index in [0.717, 1.165) is 0 Å². The molecule has 1 nitrogen and oxygen atoms in total. The Hall–Kier alpha value is -4.10. The van der Waals surface area contributed by atoms with Gasteiger partial charge in [-0.1, -0.05) is 194 Å². The minimum absolute atomic E-state index is 0.131. The van der Waals surface area contributed by atoms with Gasteiger partial charge in [0.05, 0.1) is 6.04 Å². The molecule has 0 bridgehead atoms. The molecule has 0 amide bonds. The third-order valence-electron chi connectivity index (χ3n) is 12.0. The van der Waals surface area contributed by atoms with Crippen LogP contribution in [0, 0.1) is 0 Å². The van der Waals surface area contributed by atoms with Crippen molar-refractivity contribution in [1.29, 1.82) is 0 Å². The molecular weight excluding hydrogens is 615 g/mol. The van der Waals surface area contributed by atoms with Crippen molar-refractivity contribution in [1.82, 2.24) is 5.32 Å². The molecule has 1 atom stereocenters. The molecule has 1 heteroatoms. The van der Waals surface area contributed by atoms with Gasteiger partial charge in [0.15, 0.2) is 0 Å². The second kappa shape index (κ2) is 16.9.